The van der Waals surface area contributed by atoms with Gasteiger partial charge in [0, 0.05) is 25.4 Å². The molecule has 170 valence electrons. The highest BCUT2D eigenvalue weighted by Crippen LogP contribution is 2.28. The van der Waals surface area contributed by atoms with Gasteiger partial charge >= 0.3 is 6.18 Å². The molecule has 0 aromatic carbocycles. The Morgan fingerprint density at radius 1 is 1.25 bits per heavy atom. The van der Waals surface area contributed by atoms with Crippen LogP contribution in [-0.4, -0.2) is 68.9 Å². The van der Waals surface area contributed by atoms with Crippen LogP contribution < -0.4 is 5.32 Å². The number of hydrogen-bond acceptors (Lipinski definition) is 7. The van der Waals surface area contributed by atoms with Crippen molar-refractivity contribution in [1.82, 2.24) is 23.9 Å². The molecular weight excluding hydrogens is 456 g/mol. The van der Waals surface area contributed by atoms with Crippen LogP contribution in [0.2, 0.25) is 0 Å². The molecule has 1 aliphatic heterocycles. The Bertz CT molecular complexity index is 1250. The number of nitrogens with zero attached hydrogens (tertiary/aromatic N) is 5. The zero-order valence-corrected chi connectivity index (χ0v) is 17.2. The molecule has 0 unspecified atom stereocenters. The smallest absolute Gasteiger partial charge is 0.390 e. The standard InChI is InChI=1S/C18H16F4N6O3S/c1-32(30,31)27-5-4-13(16(29)9-27)25-17-24-8-15-11(19)6-14(28(15)26-17)12-3-2-10(7-23-12)18(20,21)22/h6-8,13,16,29H,4-5,9H2,1H3,(H,25,26)/t13-,16-/m1/s1. The van der Waals surface area contributed by atoms with Crippen LogP contribution >= 0.6 is 0 Å². The van der Waals surface area contributed by atoms with Crippen LogP contribution in [0.1, 0.15) is 12.0 Å². The van der Waals surface area contributed by atoms with Gasteiger partial charge in [0.2, 0.25) is 16.0 Å². The van der Waals surface area contributed by atoms with Crippen molar-refractivity contribution in [2.75, 3.05) is 24.7 Å². The Labute approximate surface area is 179 Å². The molecule has 1 fully saturated rings. The highest BCUT2D eigenvalue weighted by Gasteiger charge is 2.33. The van der Waals surface area contributed by atoms with Gasteiger partial charge in [-0.3, -0.25) is 0 Å². The Kier molecular flexibility index (Phi) is 5.43. The summed E-state index contributed by atoms with van der Waals surface area (Å²) >= 11 is 0. The van der Waals surface area contributed by atoms with E-state index in [4.69, 9.17) is 0 Å². The molecule has 1 saturated heterocycles. The number of aromatic nitrogens is 4. The number of halogens is 4. The van der Waals surface area contributed by atoms with E-state index >= 15 is 0 Å². The number of nitrogens with one attached hydrogen (secondary N) is 1. The monoisotopic (exact) mass is 472 g/mol. The Morgan fingerprint density at radius 2 is 2.00 bits per heavy atom. The Hall–Kier alpha value is -3.02. The van der Waals surface area contributed by atoms with Crippen LogP contribution in [0.3, 0.4) is 0 Å². The van der Waals surface area contributed by atoms with E-state index in [0.29, 0.717) is 6.20 Å². The van der Waals surface area contributed by atoms with Crippen LogP contribution in [0.25, 0.3) is 16.9 Å². The summed E-state index contributed by atoms with van der Waals surface area (Å²) in [6.45, 7) is 0.0713. The first-order valence-corrected chi connectivity index (χ1v) is 11.1. The molecule has 0 aliphatic carbocycles. The van der Waals surface area contributed by atoms with Gasteiger partial charge in [-0.05, 0) is 12.5 Å². The summed E-state index contributed by atoms with van der Waals surface area (Å²) in [5, 5.41) is 17.3. The molecule has 1 aliphatic rings. The molecule has 4 rings (SSSR count). The molecule has 2 atom stereocenters. The van der Waals surface area contributed by atoms with Crippen LogP contribution in [0.15, 0.2) is 18.5 Å². The fraction of sp³-hybridized carbons (Fsp3) is 0.389. The number of alkyl halides is 3. The normalized spacial score (nSPS) is 20.3. The first kappa shape index (κ1) is 22.2. The fourth-order valence-corrected chi connectivity index (χ4v) is 4.18. The number of fused-ring (bicyclic) bond motifs is 1. The molecule has 32 heavy (non-hydrogen) atoms. The number of aliphatic hydroxyl groups excluding tert-OH is 1. The number of sulfonamides is 1. The topological polar surface area (TPSA) is 113 Å². The molecule has 0 spiro atoms. The lowest BCUT2D eigenvalue weighted by atomic mass is 10.0. The second-order valence-corrected chi connectivity index (χ2v) is 9.23. The van der Waals surface area contributed by atoms with Crippen LogP contribution in [0.5, 0.6) is 0 Å². The minimum Gasteiger partial charge on any atom is -0.390 e. The van der Waals surface area contributed by atoms with E-state index in [-0.39, 0.29) is 42.4 Å². The second kappa shape index (κ2) is 7.84. The highest BCUT2D eigenvalue weighted by molar-refractivity contribution is 7.88. The molecule has 0 radical (unpaired) electrons. The molecule has 0 amide bonds. The summed E-state index contributed by atoms with van der Waals surface area (Å²) in [5.74, 6) is -0.717. The second-order valence-electron chi connectivity index (χ2n) is 7.25. The number of hydrogen-bond donors (Lipinski definition) is 2. The van der Waals surface area contributed by atoms with Gasteiger partial charge < -0.3 is 10.4 Å². The average Bonchev–Trinajstić information content (AvgIpc) is 3.04. The molecular formula is C18H16F4N6O3S. The van der Waals surface area contributed by atoms with Crippen molar-refractivity contribution in [1.29, 1.82) is 0 Å². The summed E-state index contributed by atoms with van der Waals surface area (Å²) in [6.07, 6.45) is -2.63. The van der Waals surface area contributed by atoms with Gasteiger partial charge in [-0.25, -0.2) is 27.3 Å². The third-order valence-electron chi connectivity index (χ3n) is 4.98. The zero-order chi connectivity index (χ0) is 23.3. The first-order valence-electron chi connectivity index (χ1n) is 9.25. The van der Waals surface area contributed by atoms with E-state index in [1.165, 1.54) is 6.20 Å². The maximum absolute atomic E-state index is 14.3. The minimum absolute atomic E-state index is 0.00194. The lowest BCUT2D eigenvalue weighted by Gasteiger charge is -2.34. The van der Waals surface area contributed by atoms with Crippen molar-refractivity contribution >= 4 is 21.5 Å². The van der Waals surface area contributed by atoms with E-state index in [0.717, 1.165) is 21.1 Å². The van der Waals surface area contributed by atoms with Crippen molar-refractivity contribution in [3.8, 4) is 11.4 Å². The van der Waals surface area contributed by atoms with E-state index in [9.17, 15) is 31.1 Å². The average molecular weight is 472 g/mol. The predicted molar refractivity (Wildman–Crippen MR) is 103 cm³/mol. The summed E-state index contributed by atoms with van der Waals surface area (Å²) in [6, 6.07) is 4.69. The van der Waals surface area contributed by atoms with Crippen LogP contribution in [0.4, 0.5) is 23.5 Å². The summed E-state index contributed by atoms with van der Waals surface area (Å²) < 4.78 is 78.1. The van der Waals surface area contributed by atoms with Crippen molar-refractivity contribution in [2.45, 2.75) is 24.7 Å². The molecule has 3 aromatic rings. The SMILES string of the molecule is CS(=O)(=O)N1CC[C@@H](Nc2ncc3c(F)cc(-c4c#cc(C(F)(F)F)cn4)n3n2)[C@H](O)C1. The summed E-state index contributed by atoms with van der Waals surface area (Å²) in [4.78, 5) is 7.69. The summed E-state index contributed by atoms with van der Waals surface area (Å²) in [5.41, 5.74) is -1.24. The molecule has 9 nitrogen and oxygen atoms in total. The van der Waals surface area contributed by atoms with Crippen LogP contribution in [-0.2, 0) is 16.2 Å². The molecule has 2 N–H and O–H groups in total. The summed E-state index contributed by atoms with van der Waals surface area (Å²) in [7, 11) is -3.45. The largest absolute Gasteiger partial charge is 0.425 e. The molecule has 0 bridgehead atoms. The maximum Gasteiger partial charge on any atom is 0.425 e. The lowest BCUT2D eigenvalue weighted by Crippen LogP contribution is -2.51. The Morgan fingerprint density at radius 3 is 2.59 bits per heavy atom. The highest BCUT2D eigenvalue weighted by atomic mass is 32.2. The quantitative estimate of drug-likeness (QED) is 0.552. The Balaban J connectivity index is 1.61. The van der Waals surface area contributed by atoms with Gasteiger partial charge in [-0.2, -0.15) is 17.5 Å². The van der Waals surface area contributed by atoms with Gasteiger partial charge in [0.1, 0.15) is 22.5 Å². The number of β-amino-alcohol motifs (C(OH)–C–C–N with tert-alkyl or cyclic N) is 1. The van der Waals surface area contributed by atoms with Crippen molar-refractivity contribution < 1.29 is 31.1 Å². The first-order chi connectivity index (χ1) is 14.9. The van der Waals surface area contributed by atoms with Crippen molar-refractivity contribution in [3.05, 3.63) is 42.0 Å². The third kappa shape index (κ3) is 4.31. The molecule has 14 heteroatoms. The number of anilines is 1. The van der Waals surface area contributed by atoms with Gasteiger partial charge in [0.05, 0.1) is 24.6 Å². The van der Waals surface area contributed by atoms with Crippen molar-refractivity contribution in [2.24, 2.45) is 0 Å². The third-order valence-corrected chi connectivity index (χ3v) is 6.25. The van der Waals surface area contributed by atoms with Gasteiger partial charge in [-0.15, -0.1) is 5.10 Å². The van der Waals surface area contributed by atoms with E-state index in [1.54, 1.807) is 0 Å². The van der Waals surface area contributed by atoms with E-state index in [1.807, 2.05) is 6.07 Å². The molecule has 0 saturated carbocycles. The number of aliphatic hydroxyl groups is 1. The van der Waals surface area contributed by atoms with Crippen LogP contribution in [0, 0.1) is 17.9 Å². The van der Waals surface area contributed by atoms with E-state index in [2.05, 4.69) is 26.4 Å². The number of rotatable bonds is 4. The predicted octanol–water partition coefficient (Wildman–Crippen LogP) is 1.36. The molecule has 3 aromatic heterocycles. The van der Waals surface area contributed by atoms with Gasteiger partial charge in [-0.1, -0.05) is 6.07 Å². The van der Waals surface area contributed by atoms with E-state index < -0.39 is 39.7 Å². The lowest BCUT2D eigenvalue weighted by molar-refractivity contribution is -0.137. The minimum atomic E-state index is -4.64. The van der Waals surface area contributed by atoms with Gasteiger partial charge in [0.25, 0.3) is 0 Å². The van der Waals surface area contributed by atoms with Crippen molar-refractivity contribution in [3.63, 3.8) is 0 Å². The van der Waals surface area contributed by atoms with Gasteiger partial charge in [0.15, 0.2) is 5.82 Å². The fourth-order valence-electron chi connectivity index (χ4n) is 3.32. The number of piperidine rings is 1. The zero-order valence-electron chi connectivity index (χ0n) is 16.4. The maximum atomic E-state index is 14.3. The molecule has 4 heterocycles.